The third-order valence-electron chi connectivity index (χ3n) is 5.23. The Bertz CT molecular complexity index is 1150. The summed E-state index contributed by atoms with van der Waals surface area (Å²) in [6.45, 7) is 6.50. The van der Waals surface area contributed by atoms with Gasteiger partial charge in [-0.05, 0) is 64.2 Å². The third-order valence-corrected chi connectivity index (χ3v) is 5.23. The van der Waals surface area contributed by atoms with Crippen molar-refractivity contribution in [3.8, 4) is 11.8 Å². The van der Waals surface area contributed by atoms with Crippen LogP contribution in [0.3, 0.4) is 0 Å². The van der Waals surface area contributed by atoms with E-state index in [-0.39, 0.29) is 18.3 Å². The number of rotatable bonds is 10. The van der Waals surface area contributed by atoms with Crippen LogP contribution >= 0.6 is 0 Å². The Hall–Kier alpha value is -3.87. The molecule has 0 saturated heterocycles. The Kier molecular flexibility index (Phi) is 9.66. The van der Waals surface area contributed by atoms with Gasteiger partial charge >= 0.3 is 6.09 Å². The van der Waals surface area contributed by atoms with E-state index in [0.29, 0.717) is 48.3 Å². The number of aromatic nitrogens is 2. The standard InChI is InChI=1S/C27H35FN6O3/c1-27(2,3)37-26(36)34(4)18-23(35)29-14-7-5-6-9-20-17-31-25(32-22-11-8-10-21(28)15-22)33-24(20)30-16-19-12-13-19/h8,10-11,15,17,19H,5,7,12-14,16,18H2,1-4H3,(H,29,35)(H2,30,31,32,33). The van der Waals surface area contributed by atoms with E-state index in [2.05, 4.69) is 37.8 Å². The van der Waals surface area contributed by atoms with Crippen molar-refractivity contribution in [1.29, 1.82) is 0 Å². The molecule has 1 aromatic carbocycles. The number of ether oxygens (including phenoxy) is 1. The predicted molar refractivity (Wildman–Crippen MR) is 141 cm³/mol. The van der Waals surface area contributed by atoms with Crippen molar-refractivity contribution in [1.82, 2.24) is 20.2 Å². The summed E-state index contributed by atoms with van der Waals surface area (Å²) < 4.78 is 18.7. The Morgan fingerprint density at radius 2 is 2.05 bits per heavy atom. The van der Waals surface area contributed by atoms with E-state index in [1.807, 2.05) is 0 Å². The Labute approximate surface area is 217 Å². The van der Waals surface area contributed by atoms with Gasteiger partial charge in [-0.3, -0.25) is 4.79 Å². The number of halogens is 1. The molecule has 0 radical (unpaired) electrons. The molecular formula is C27H35FN6O3. The Morgan fingerprint density at radius 1 is 1.27 bits per heavy atom. The number of hydrogen-bond donors (Lipinski definition) is 3. The quantitative estimate of drug-likeness (QED) is 0.323. The van der Waals surface area contributed by atoms with Crippen LogP contribution in [0.4, 0.5) is 26.6 Å². The number of amides is 2. The first-order valence-corrected chi connectivity index (χ1v) is 12.4. The van der Waals surface area contributed by atoms with Gasteiger partial charge in [0.1, 0.15) is 23.8 Å². The Balaban J connectivity index is 1.48. The number of unbranched alkanes of at least 4 members (excludes halogenated alkanes) is 1. The summed E-state index contributed by atoms with van der Waals surface area (Å²) in [4.78, 5) is 34.1. The number of anilines is 3. The number of likely N-dealkylation sites (N-methyl/N-ethyl adjacent to an activating group) is 1. The molecule has 1 aromatic heterocycles. The summed E-state index contributed by atoms with van der Waals surface area (Å²) >= 11 is 0. The first-order chi connectivity index (χ1) is 17.6. The Morgan fingerprint density at radius 3 is 2.76 bits per heavy atom. The molecule has 2 amide bonds. The fourth-order valence-corrected chi connectivity index (χ4v) is 3.16. The highest BCUT2D eigenvalue weighted by molar-refractivity contribution is 5.82. The molecule has 1 aliphatic rings. The predicted octanol–water partition coefficient (Wildman–Crippen LogP) is 4.30. The number of hydrogen-bond acceptors (Lipinski definition) is 7. The molecule has 2 aromatic rings. The summed E-state index contributed by atoms with van der Waals surface area (Å²) in [6.07, 6.45) is 4.72. The van der Waals surface area contributed by atoms with Crippen molar-refractivity contribution in [2.24, 2.45) is 5.92 Å². The van der Waals surface area contributed by atoms with E-state index in [1.54, 1.807) is 39.1 Å². The molecule has 1 fully saturated rings. The van der Waals surface area contributed by atoms with Crippen molar-refractivity contribution in [3.63, 3.8) is 0 Å². The minimum Gasteiger partial charge on any atom is -0.444 e. The molecule has 1 aliphatic carbocycles. The zero-order chi connectivity index (χ0) is 26.8. The summed E-state index contributed by atoms with van der Waals surface area (Å²) in [5, 5.41) is 9.16. The van der Waals surface area contributed by atoms with Gasteiger partial charge < -0.3 is 25.6 Å². The zero-order valence-corrected chi connectivity index (χ0v) is 21.9. The SMILES string of the molecule is CN(CC(=O)NCCCC#Cc1cnc(Nc2cccc(F)c2)nc1NCC1CC1)C(=O)OC(C)(C)C. The van der Waals surface area contributed by atoms with Gasteiger partial charge in [0.15, 0.2) is 0 Å². The zero-order valence-electron chi connectivity index (χ0n) is 21.9. The van der Waals surface area contributed by atoms with Gasteiger partial charge in [0.25, 0.3) is 0 Å². The third kappa shape index (κ3) is 10.3. The van der Waals surface area contributed by atoms with Gasteiger partial charge in [-0.2, -0.15) is 4.98 Å². The number of nitrogens with one attached hydrogen (secondary N) is 3. The minimum atomic E-state index is -0.614. The molecule has 0 spiro atoms. The lowest BCUT2D eigenvalue weighted by Gasteiger charge is -2.24. The highest BCUT2D eigenvalue weighted by Crippen LogP contribution is 2.29. The second-order valence-electron chi connectivity index (χ2n) is 10.0. The van der Waals surface area contributed by atoms with Crippen molar-refractivity contribution >= 4 is 29.5 Å². The minimum absolute atomic E-state index is 0.0794. The summed E-state index contributed by atoms with van der Waals surface area (Å²) in [7, 11) is 1.52. The monoisotopic (exact) mass is 510 g/mol. The van der Waals surface area contributed by atoms with Crippen LogP contribution in [0, 0.1) is 23.6 Å². The van der Waals surface area contributed by atoms with Crippen LogP contribution in [0.15, 0.2) is 30.5 Å². The number of benzene rings is 1. The van der Waals surface area contributed by atoms with Crippen LogP contribution in [-0.2, 0) is 9.53 Å². The molecule has 0 bridgehead atoms. The topological polar surface area (TPSA) is 108 Å². The lowest BCUT2D eigenvalue weighted by molar-refractivity contribution is -0.122. The second-order valence-corrected chi connectivity index (χ2v) is 10.0. The van der Waals surface area contributed by atoms with Crippen molar-refractivity contribution in [2.75, 3.05) is 37.3 Å². The summed E-state index contributed by atoms with van der Waals surface area (Å²) in [6, 6.07) is 6.11. The van der Waals surface area contributed by atoms with Crippen LogP contribution < -0.4 is 16.0 Å². The fraction of sp³-hybridized carbons (Fsp3) is 0.481. The van der Waals surface area contributed by atoms with Crippen molar-refractivity contribution in [3.05, 3.63) is 41.8 Å². The number of carbonyl (C=O) groups excluding carboxylic acids is 2. The maximum absolute atomic E-state index is 13.5. The first-order valence-electron chi connectivity index (χ1n) is 12.4. The molecule has 9 nitrogen and oxygen atoms in total. The highest BCUT2D eigenvalue weighted by Gasteiger charge is 2.22. The van der Waals surface area contributed by atoms with E-state index >= 15 is 0 Å². The van der Waals surface area contributed by atoms with E-state index in [4.69, 9.17) is 4.74 Å². The summed E-state index contributed by atoms with van der Waals surface area (Å²) in [5.41, 5.74) is 0.622. The average molecular weight is 511 g/mol. The smallest absolute Gasteiger partial charge is 0.410 e. The van der Waals surface area contributed by atoms with E-state index < -0.39 is 11.7 Å². The van der Waals surface area contributed by atoms with Crippen LogP contribution in [0.5, 0.6) is 0 Å². The largest absolute Gasteiger partial charge is 0.444 e. The van der Waals surface area contributed by atoms with Crippen LogP contribution in [-0.4, -0.2) is 59.2 Å². The van der Waals surface area contributed by atoms with Gasteiger partial charge in [-0.25, -0.2) is 14.2 Å². The maximum atomic E-state index is 13.5. The molecule has 198 valence electrons. The number of carbonyl (C=O) groups is 2. The van der Waals surface area contributed by atoms with E-state index in [9.17, 15) is 14.0 Å². The molecule has 10 heteroatoms. The molecule has 0 atom stereocenters. The van der Waals surface area contributed by atoms with Crippen molar-refractivity contribution < 1.29 is 18.7 Å². The molecule has 1 saturated carbocycles. The molecule has 0 aliphatic heterocycles. The first kappa shape index (κ1) is 27.7. The molecule has 0 unspecified atom stereocenters. The highest BCUT2D eigenvalue weighted by atomic mass is 19.1. The molecule has 1 heterocycles. The molecule has 3 rings (SSSR count). The van der Waals surface area contributed by atoms with Crippen LogP contribution in [0.1, 0.15) is 52.0 Å². The van der Waals surface area contributed by atoms with E-state index in [1.165, 1.54) is 36.9 Å². The van der Waals surface area contributed by atoms with E-state index in [0.717, 1.165) is 6.54 Å². The van der Waals surface area contributed by atoms with Gasteiger partial charge in [0.05, 0.1) is 11.8 Å². The molecular weight excluding hydrogens is 475 g/mol. The van der Waals surface area contributed by atoms with Gasteiger partial charge in [-0.15, -0.1) is 0 Å². The molecule has 3 N–H and O–H groups in total. The summed E-state index contributed by atoms with van der Waals surface area (Å²) in [5.74, 6) is 7.24. The van der Waals surface area contributed by atoms with Crippen LogP contribution in [0.2, 0.25) is 0 Å². The van der Waals surface area contributed by atoms with Gasteiger partial charge in [0, 0.05) is 32.2 Å². The second kappa shape index (κ2) is 12.9. The lowest BCUT2D eigenvalue weighted by atomic mass is 10.2. The van der Waals surface area contributed by atoms with Gasteiger partial charge in [0.2, 0.25) is 11.9 Å². The number of nitrogens with zero attached hydrogens (tertiary/aromatic N) is 3. The normalized spacial score (nSPS) is 12.7. The fourth-order valence-electron chi connectivity index (χ4n) is 3.16. The molecule has 37 heavy (non-hydrogen) atoms. The van der Waals surface area contributed by atoms with Crippen molar-refractivity contribution in [2.45, 2.75) is 52.1 Å². The van der Waals surface area contributed by atoms with Gasteiger partial charge in [-0.1, -0.05) is 17.9 Å². The maximum Gasteiger partial charge on any atom is 0.410 e. The lowest BCUT2D eigenvalue weighted by Crippen LogP contribution is -2.41. The van der Waals surface area contributed by atoms with Crippen LogP contribution in [0.25, 0.3) is 0 Å². The average Bonchev–Trinajstić information content (AvgIpc) is 3.64.